The molecule has 0 aliphatic rings. The van der Waals surface area contributed by atoms with Crippen molar-refractivity contribution in [1.29, 1.82) is 0 Å². The van der Waals surface area contributed by atoms with Crippen LogP contribution in [0.15, 0.2) is 24.7 Å². The summed E-state index contributed by atoms with van der Waals surface area (Å²) >= 11 is 0. The number of carbonyl (C=O) groups is 1. The zero-order valence-electron chi connectivity index (χ0n) is 6.19. The van der Waals surface area contributed by atoms with Crippen molar-refractivity contribution in [1.82, 2.24) is 4.57 Å². The van der Waals surface area contributed by atoms with Crippen LogP contribution in [0.25, 0.3) is 5.70 Å². The van der Waals surface area contributed by atoms with Gasteiger partial charge < -0.3 is 9.67 Å². The van der Waals surface area contributed by atoms with Crippen LogP contribution in [-0.2, 0) is 0 Å². The molecule has 58 valence electrons. The van der Waals surface area contributed by atoms with Crippen molar-refractivity contribution in [3.8, 4) is 0 Å². The summed E-state index contributed by atoms with van der Waals surface area (Å²) in [5, 5.41) is 8.60. The molecule has 0 aromatic carbocycles. The molecule has 1 rings (SSSR count). The smallest absolute Gasteiger partial charge is 0.151 e. The van der Waals surface area contributed by atoms with E-state index in [4.69, 9.17) is 5.11 Å². The number of hydrogen-bond acceptors (Lipinski definition) is 2. The molecule has 3 nitrogen and oxygen atoms in total. The SMILES string of the molecule is C/C(=C/O)n1ccc(C=O)c1. The summed E-state index contributed by atoms with van der Waals surface area (Å²) in [6, 6.07) is 1.68. The van der Waals surface area contributed by atoms with E-state index in [0.717, 1.165) is 12.5 Å². The van der Waals surface area contributed by atoms with E-state index in [1.165, 1.54) is 0 Å². The van der Waals surface area contributed by atoms with Gasteiger partial charge in [-0.15, -0.1) is 0 Å². The maximum Gasteiger partial charge on any atom is 0.151 e. The van der Waals surface area contributed by atoms with Gasteiger partial charge in [0.05, 0.1) is 12.0 Å². The van der Waals surface area contributed by atoms with E-state index in [9.17, 15) is 4.79 Å². The maximum atomic E-state index is 10.2. The minimum atomic E-state index is 0.603. The van der Waals surface area contributed by atoms with Gasteiger partial charge in [0.1, 0.15) is 0 Å². The molecule has 0 saturated carbocycles. The highest BCUT2D eigenvalue weighted by molar-refractivity contribution is 5.74. The predicted molar refractivity (Wildman–Crippen MR) is 42.4 cm³/mol. The third-order valence-electron chi connectivity index (χ3n) is 1.45. The van der Waals surface area contributed by atoms with E-state index in [0.29, 0.717) is 11.3 Å². The van der Waals surface area contributed by atoms with Crippen molar-refractivity contribution in [2.45, 2.75) is 6.92 Å². The summed E-state index contributed by atoms with van der Waals surface area (Å²) < 4.78 is 1.67. The Balaban J connectivity index is 2.97. The van der Waals surface area contributed by atoms with Gasteiger partial charge in [-0.2, -0.15) is 0 Å². The Kier molecular flexibility index (Phi) is 2.11. The maximum absolute atomic E-state index is 10.2. The quantitative estimate of drug-likeness (QED) is 0.516. The summed E-state index contributed by atoms with van der Waals surface area (Å²) in [5.41, 5.74) is 1.28. The number of rotatable bonds is 2. The first-order valence-electron chi connectivity index (χ1n) is 3.22. The number of aldehydes is 1. The van der Waals surface area contributed by atoms with Crippen molar-refractivity contribution in [2.75, 3.05) is 0 Å². The molecule has 0 fully saturated rings. The third-order valence-corrected chi connectivity index (χ3v) is 1.45. The number of aromatic nitrogens is 1. The summed E-state index contributed by atoms with van der Waals surface area (Å²) in [5.74, 6) is 0. The largest absolute Gasteiger partial charge is 0.514 e. The van der Waals surface area contributed by atoms with Gasteiger partial charge in [-0.3, -0.25) is 4.79 Å². The first-order valence-corrected chi connectivity index (χ1v) is 3.22. The number of aliphatic hydroxyl groups is 1. The molecule has 1 aromatic rings. The number of allylic oxidation sites excluding steroid dienone is 1. The summed E-state index contributed by atoms with van der Waals surface area (Å²) in [7, 11) is 0. The van der Waals surface area contributed by atoms with Gasteiger partial charge in [0.2, 0.25) is 0 Å². The molecule has 0 radical (unpaired) electrons. The van der Waals surface area contributed by atoms with Gasteiger partial charge in [0.15, 0.2) is 6.29 Å². The Morgan fingerprint density at radius 3 is 2.91 bits per heavy atom. The van der Waals surface area contributed by atoms with E-state index in [1.54, 1.807) is 30.0 Å². The lowest BCUT2D eigenvalue weighted by Crippen LogP contribution is -1.87. The number of aliphatic hydroxyl groups excluding tert-OH is 1. The Hall–Kier alpha value is -1.51. The summed E-state index contributed by atoms with van der Waals surface area (Å²) in [4.78, 5) is 10.2. The Labute approximate surface area is 64.6 Å². The van der Waals surface area contributed by atoms with Crippen LogP contribution in [0.5, 0.6) is 0 Å². The van der Waals surface area contributed by atoms with E-state index >= 15 is 0 Å². The summed E-state index contributed by atoms with van der Waals surface area (Å²) in [6.45, 7) is 1.74. The van der Waals surface area contributed by atoms with Gasteiger partial charge in [-0.25, -0.2) is 0 Å². The average molecular weight is 151 g/mol. The van der Waals surface area contributed by atoms with Gasteiger partial charge in [0, 0.05) is 18.0 Å². The second kappa shape index (κ2) is 3.05. The van der Waals surface area contributed by atoms with Crippen LogP contribution >= 0.6 is 0 Å². The van der Waals surface area contributed by atoms with E-state index < -0.39 is 0 Å². The molecule has 11 heavy (non-hydrogen) atoms. The lowest BCUT2D eigenvalue weighted by Gasteiger charge is -1.97. The normalized spacial score (nSPS) is 11.5. The highest BCUT2D eigenvalue weighted by Gasteiger charge is 1.95. The Morgan fingerprint density at radius 1 is 1.73 bits per heavy atom. The van der Waals surface area contributed by atoms with Crippen LogP contribution in [0.3, 0.4) is 0 Å². The Bertz CT molecular complexity index is 286. The lowest BCUT2D eigenvalue weighted by molar-refractivity contribution is 0.112. The first-order chi connectivity index (χ1) is 5.27. The second-order valence-corrected chi connectivity index (χ2v) is 2.24. The highest BCUT2D eigenvalue weighted by atomic mass is 16.2. The van der Waals surface area contributed by atoms with Gasteiger partial charge >= 0.3 is 0 Å². The van der Waals surface area contributed by atoms with Gasteiger partial charge in [-0.05, 0) is 13.0 Å². The fourth-order valence-corrected chi connectivity index (χ4v) is 0.769. The predicted octanol–water partition coefficient (Wildman–Crippen LogP) is 1.68. The molecule has 3 heteroatoms. The van der Waals surface area contributed by atoms with Gasteiger partial charge in [-0.1, -0.05) is 0 Å². The average Bonchev–Trinajstić information content (AvgIpc) is 2.50. The molecular weight excluding hydrogens is 142 g/mol. The van der Waals surface area contributed by atoms with E-state index in [2.05, 4.69) is 0 Å². The fraction of sp³-hybridized carbons (Fsp3) is 0.125. The molecule has 0 aliphatic heterocycles. The van der Waals surface area contributed by atoms with Crippen molar-refractivity contribution in [3.63, 3.8) is 0 Å². The van der Waals surface area contributed by atoms with Crippen molar-refractivity contribution < 1.29 is 9.90 Å². The van der Waals surface area contributed by atoms with Gasteiger partial charge in [0.25, 0.3) is 0 Å². The van der Waals surface area contributed by atoms with Crippen molar-refractivity contribution in [2.24, 2.45) is 0 Å². The van der Waals surface area contributed by atoms with Crippen molar-refractivity contribution in [3.05, 3.63) is 30.3 Å². The van der Waals surface area contributed by atoms with Crippen LogP contribution in [0.2, 0.25) is 0 Å². The molecule has 0 saturated heterocycles. The minimum Gasteiger partial charge on any atom is -0.514 e. The second-order valence-electron chi connectivity index (χ2n) is 2.24. The zero-order valence-corrected chi connectivity index (χ0v) is 6.19. The van der Waals surface area contributed by atoms with Crippen molar-refractivity contribution >= 4 is 12.0 Å². The molecule has 0 spiro atoms. The number of hydrogen-bond donors (Lipinski definition) is 1. The Morgan fingerprint density at radius 2 is 2.45 bits per heavy atom. The lowest BCUT2D eigenvalue weighted by atomic mass is 10.4. The molecular formula is C8H9NO2. The minimum absolute atomic E-state index is 0.603. The first kappa shape index (κ1) is 7.60. The molecule has 0 unspecified atom stereocenters. The third kappa shape index (κ3) is 1.49. The fourth-order valence-electron chi connectivity index (χ4n) is 0.769. The molecule has 1 N–H and O–H groups in total. The molecule has 1 aromatic heterocycles. The molecule has 0 atom stereocenters. The van der Waals surface area contributed by atoms with Crippen LogP contribution in [0.1, 0.15) is 17.3 Å². The monoisotopic (exact) mass is 151 g/mol. The number of carbonyl (C=O) groups excluding carboxylic acids is 1. The topological polar surface area (TPSA) is 42.2 Å². The van der Waals surface area contributed by atoms with Crippen LogP contribution < -0.4 is 0 Å². The highest BCUT2D eigenvalue weighted by Crippen LogP contribution is 2.05. The van der Waals surface area contributed by atoms with E-state index in [-0.39, 0.29) is 0 Å². The van der Waals surface area contributed by atoms with Crippen LogP contribution in [0, 0.1) is 0 Å². The van der Waals surface area contributed by atoms with Crippen LogP contribution in [-0.4, -0.2) is 16.0 Å². The zero-order chi connectivity index (χ0) is 8.27. The molecule has 0 bridgehead atoms. The number of nitrogens with zero attached hydrogens (tertiary/aromatic N) is 1. The molecule has 0 amide bonds. The summed E-state index contributed by atoms with van der Waals surface area (Å²) in [6.07, 6.45) is 5.12. The van der Waals surface area contributed by atoms with E-state index in [1.807, 2.05) is 0 Å². The molecule has 0 aliphatic carbocycles. The van der Waals surface area contributed by atoms with Crippen LogP contribution in [0.4, 0.5) is 0 Å². The standard InChI is InChI=1S/C8H9NO2/c1-7(5-10)9-3-2-8(4-9)6-11/h2-6,10H,1H3/b7-5-. The molecule has 1 heterocycles.